The van der Waals surface area contributed by atoms with Crippen LogP contribution < -0.4 is 0 Å². The minimum absolute atomic E-state index is 1.27. The third kappa shape index (κ3) is 1.85. The first-order chi connectivity index (χ1) is 5.75. The van der Waals surface area contributed by atoms with E-state index in [1.807, 2.05) is 12.2 Å². The van der Waals surface area contributed by atoms with Crippen LogP contribution in [0.3, 0.4) is 0 Å². The molecule has 0 unspecified atom stereocenters. The number of rotatable bonds is 2. The molecule has 0 saturated heterocycles. The van der Waals surface area contributed by atoms with E-state index in [1.165, 1.54) is 16.7 Å². The van der Waals surface area contributed by atoms with Gasteiger partial charge in [-0.05, 0) is 30.5 Å². The molecule has 0 aliphatic rings. The lowest BCUT2D eigenvalue weighted by atomic mass is 10.0. The first-order valence-corrected chi connectivity index (χ1v) is 4.11. The lowest BCUT2D eigenvalue weighted by Crippen LogP contribution is -1.83. The van der Waals surface area contributed by atoms with Gasteiger partial charge in [0, 0.05) is 0 Å². The highest BCUT2D eigenvalue weighted by atomic mass is 14.0. The van der Waals surface area contributed by atoms with Crippen LogP contribution in [0.25, 0.3) is 5.57 Å². The van der Waals surface area contributed by atoms with Crippen molar-refractivity contribution in [2.45, 2.75) is 13.8 Å². The SMILES string of the molecule is C=C/C=C(\C)c1ccccc1C. The highest BCUT2D eigenvalue weighted by Crippen LogP contribution is 2.17. The quantitative estimate of drug-likeness (QED) is 0.577. The van der Waals surface area contributed by atoms with Crippen LogP contribution in [0.5, 0.6) is 0 Å². The molecule has 0 spiro atoms. The fourth-order valence-corrected chi connectivity index (χ4v) is 1.28. The van der Waals surface area contributed by atoms with Gasteiger partial charge in [0.25, 0.3) is 0 Å². The van der Waals surface area contributed by atoms with Crippen LogP contribution in [0.4, 0.5) is 0 Å². The van der Waals surface area contributed by atoms with E-state index >= 15 is 0 Å². The fourth-order valence-electron chi connectivity index (χ4n) is 1.28. The van der Waals surface area contributed by atoms with Gasteiger partial charge in [-0.25, -0.2) is 0 Å². The van der Waals surface area contributed by atoms with E-state index in [-0.39, 0.29) is 0 Å². The summed E-state index contributed by atoms with van der Waals surface area (Å²) in [5, 5.41) is 0. The molecule has 1 rings (SSSR count). The molecule has 1 aromatic rings. The van der Waals surface area contributed by atoms with Crippen molar-refractivity contribution in [2.24, 2.45) is 0 Å². The Hall–Kier alpha value is -1.30. The molecule has 0 heterocycles. The fraction of sp³-hybridized carbons (Fsp3) is 0.167. The van der Waals surface area contributed by atoms with Crippen molar-refractivity contribution in [3.05, 3.63) is 54.1 Å². The number of benzene rings is 1. The zero-order chi connectivity index (χ0) is 8.97. The van der Waals surface area contributed by atoms with Crippen LogP contribution >= 0.6 is 0 Å². The van der Waals surface area contributed by atoms with E-state index in [1.54, 1.807) is 0 Å². The highest BCUT2D eigenvalue weighted by Gasteiger charge is 1.96. The van der Waals surface area contributed by atoms with Crippen LogP contribution in [0.2, 0.25) is 0 Å². The maximum atomic E-state index is 3.68. The molecule has 0 nitrogen and oxygen atoms in total. The monoisotopic (exact) mass is 158 g/mol. The minimum atomic E-state index is 1.27. The Labute approximate surface area is 74.2 Å². The summed E-state index contributed by atoms with van der Waals surface area (Å²) in [6, 6.07) is 8.36. The van der Waals surface area contributed by atoms with Crippen molar-refractivity contribution in [2.75, 3.05) is 0 Å². The van der Waals surface area contributed by atoms with E-state index in [2.05, 4.69) is 44.7 Å². The predicted octanol–water partition coefficient (Wildman–Crippen LogP) is 3.58. The maximum absolute atomic E-state index is 3.68. The molecule has 0 aliphatic carbocycles. The van der Waals surface area contributed by atoms with E-state index in [9.17, 15) is 0 Å². The number of allylic oxidation sites excluding steroid dienone is 3. The van der Waals surface area contributed by atoms with Gasteiger partial charge in [0.15, 0.2) is 0 Å². The molecule has 12 heavy (non-hydrogen) atoms. The lowest BCUT2D eigenvalue weighted by molar-refractivity contribution is 1.41. The van der Waals surface area contributed by atoms with Crippen molar-refractivity contribution in [3.8, 4) is 0 Å². The molecule has 0 saturated carbocycles. The third-order valence-electron chi connectivity index (χ3n) is 1.94. The Morgan fingerprint density at radius 1 is 1.33 bits per heavy atom. The summed E-state index contributed by atoms with van der Waals surface area (Å²) in [5.74, 6) is 0. The van der Waals surface area contributed by atoms with Gasteiger partial charge in [-0.1, -0.05) is 43.0 Å². The molecule has 0 fully saturated rings. The third-order valence-corrected chi connectivity index (χ3v) is 1.94. The van der Waals surface area contributed by atoms with Crippen molar-refractivity contribution in [1.29, 1.82) is 0 Å². The number of hydrogen-bond acceptors (Lipinski definition) is 0. The van der Waals surface area contributed by atoms with Gasteiger partial charge in [-0.2, -0.15) is 0 Å². The van der Waals surface area contributed by atoms with Crippen molar-refractivity contribution < 1.29 is 0 Å². The summed E-state index contributed by atoms with van der Waals surface area (Å²) < 4.78 is 0. The summed E-state index contributed by atoms with van der Waals surface area (Å²) in [6.45, 7) is 7.90. The van der Waals surface area contributed by atoms with Crippen LogP contribution in [0.1, 0.15) is 18.1 Å². The molecule has 62 valence electrons. The summed E-state index contributed by atoms with van der Waals surface area (Å²) in [7, 11) is 0. The average Bonchev–Trinajstić information content (AvgIpc) is 2.05. The largest absolute Gasteiger partial charge is 0.0991 e. The van der Waals surface area contributed by atoms with Crippen LogP contribution in [-0.2, 0) is 0 Å². The molecule has 1 aromatic carbocycles. The Morgan fingerprint density at radius 3 is 2.58 bits per heavy atom. The summed E-state index contributed by atoms with van der Waals surface area (Å²) in [5.41, 5.74) is 3.88. The van der Waals surface area contributed by atoms with Crippen molar-refractivity contribution >= 4 is 5.57 Å². The van der Waals surface area contributed by atoms with Gasteiger partial charge < -0.3 is 0 Å². The normalized spacial score (nSPS) is 11.3. The molecular formula is C12H14. The van der Waals surface area contributed by atoms with Crippen LogP contribution in [0.15, 0.2) is 43.0 Å². The second kappa shape index (κ2) is 3.91. The minimum Gasteiger partial charge on any atom is -0.0991 e. The van der Waals surface area contributed by atoms with Crippen molar-refractivity contribution in [1.82, 2.24) is 0 Å². The number of aryl methyl sites for hydroxylation is 1. The zero-order valence-corrected chi connectivity index (χ0v) is 7.67. The predicted molar refractivity (Wildman–Crippen MR) is 55.0 cm³/mol. The first kappa shape index (κ1) is 8.79. The zero-order valence-electron chi connectivity index (χ0n) is 7.67. The average molecular weight is 158 g/mol. The standard InChI is InChI=1S/C12H14/c1-4-7-10(2)12-9-6-5-8-11(12)3/h4-9H,1H2,2-3H3/b10-7+. The Kier molecular flexibility index (Phi) is 2.87. The second-order valence-corrected chi connectivity index (χ2v) is 2.90. The Bertz CT molecular complexity index is 306. The smallest absolute Gasteiger partial charge is 0.0198 e. The maximum Gasteiger partial charge on any atom is -0.0198 e. The first-order valence-electron chi connectivity index (χ1n) is 4.11. The van der Waals surface area contributed by atoms with Gasteiger partial charge in [0.1, 0.15) is 0 Å². The molecule has 0 radical (unpaired) electrons. The molecular weight excluding hydrogens is 144 g/mol. The van der Waals surface area contributed by atoms with Crippen LogP contribution in [-0.4, -0.2) is 0 Å². The van der Waals surface area contributed by atoms with E-state index < -0.39 is 0 Å². The molecule has 0 amide bonds. The van der Waals surface area contributed by atoms with Crippen molar-refractivity contribution in [3.63, 3.8) is 0 Å². The van der Waals surface area contributed by atoms with Gasteiger partial charge >= 0.3 is 0 Å². The van der Waals surface area contributed by atoms with Gasteiger partial charge in [-0.3, -0.25) is 0 Å². The lowest BCUT2D eigenvalue weighted by Gasteiger charge is -2.03. The molecule has 0 aliphatic heterocycles. The summed E-state index contributed by atoms with van der Waals surface area (Å²) >= 11 is 0. The Morgan fingerprint density at radius 2 is 2.00 bits per heavy atom. The second-order valence-electron chi connectivity index (χ2n) is 2.90. The van der Waals surface area contributed by atoms with Gasteiger partial charge in [-0.15, -0.1) is 0 Å². The molecule has 0 aromatic heterocycles. The number of hydrogen-bond donors (Lipinski definition) is 0. The van der Waals surface area contributed by atoms with E-state index in [0.717, 1.165) is 0 Å². The molecule has 0 bridgehead atoms. The van der Waals surface area contributed by atoms with Gasteiger partial charge in [0.2, 0.25) is 0 Å². The summed E-state index contributed by atoms with van der Waals surface area (Å²) in [4.78, 5) is 0. The Balaban J connectivity index is 3.10. The molecule has 0 heteroatoms. The van der Waals surface area contributed by atoms with E-state index in [0.29, 0.717) is 0 Å². The van der Waals surface area contributed by atoms with Gasteiger partial charge in [0.05, 0.1) is 0 Å². The van der Waals surface area contributed by atoms with E-state index in [4.69, 9.17) is 0 Å². The summed E-state index contributed by atoms with van der Waals surface area (Å²) in [6.07, 6.45) is 3.85. The highest BCUT2D eigenvalue weighted by molar-refractivity contribution is 5.67. The molecule has 0 N–H and O–H groups in total. The van der Waals surface area contributed by atoms with Crippen LogP contribution in [0, 0.1) is 6.92 Å². The topological polar surface area (TPSA) is 0 Å². The molecule has 0 atom stereocenters.